The molecule has 1 N–H and O–H groups in total. The summed E-state index contributed by atoms with van der Waals surface area (Å²) < 4.78 is 1.19. The molecule has 3 heteroatoms. The van der Waals surface area contributed by atoms with Gasteiger partial charge in [-0.3, -0.25) is 0 Å². The van der Waals surface area contributed by atoms with Crippen LogP contribution in [0.25, 0.3) is 0 Å². The van der Waals surface area contributed by atoms with E-state index in [1.807, 2.05) is 0 Å². The minimum absolute atomic E-state index is 0.607. The number of hydrogen-bond donors (Lipinski definition) is 1. The van der Waals surface area contributed by atoms with Gasteiger partial charge in [0.1, 0.15) is 0 Å². The Hall–Kier alpha value is -0.640. The third kappa shape index (κ3) is 3.94. The highest BCUT2D eigenvalue weighted by atomic mass is 79.9. The van der Waals surface area contributed by atoms with Gasteiger partial charge in [-0.15, -0.1) is 11.3 Å². The molecule has 0 spiro atoms. The topological polar surface area (TPSA) is 12.0 Å². The first-order valence-electron chi connectivity index (χ1n) is 6.19. The van der Waals surface area contributed by atoms with Crippen LogP contribution >= 0.6 is 27.3 Å². The summed E-state index contributed by atoms with van der Waals surface area (Å²) in [4.78, 5) is 1.36. The first kappa shape index (κ1) is 13.8. The highest BCUT2D eigenvalue weighted by molar-refractivity contribution is 9.11. The first-order valence-corrected chi connectivity index (χ1v) is 7.80. The molecule has 1 aromatic heterocycles. The van der Waals surface area contributed by atoms with E-state index < -0.39 is 0 Å². The summed E-state index contributed by atoms with van der Waals surface area (Å²) in [5, 5.41) is 3.47. The smallest absolute Gasteiger partial charge is 0.0701 e. The predicted molar refractivity (Wildman–Crippen MR) is 83.1 cm³/mol. The number of halogens is 1. The van der Waals surface area contributed by atoms with Crippen LogP contribution in [0.5, 0.6) is 0 Å². The summed E-state index contributed by atoms with van der Waals surface area (Å²) in [6.07, 6.45) is 0. The fraction of sp³-hybridized carbons (Fsp3) is 0.333. The lowest BCUT2D eigenvalue weighted by Crippen LogP contribution is -2.11. The number of hydrogen-bond acceptors (Lipinski definition) is 2. The van der Waals surface area contributed by atoms with Crippen molar-refractivity contribution in [2.45, 2.75) is 32.9 Å². The van der Waals surface area contributed by atoms with E-state index >= 15 is 0 Å². The Kier molecular flexibility index (Phi) is 4.98. The monoisotopic (exact) mass is 323 g/mol. The minimum Gasteiger partial charge on any atom is -0.308 e. The Labute approximate surface area is 121 Å². The molecule has 0 aliphatic heterocycles. The molecule has 0 aliphatic carbocycles. The third-order valence-electron chi connectivity index (χ3n) is 2.90. The van der Waals surface area contributed by atoms with Crippen molar-refractivity contribution >= 4 is 27.3 Å². The second kappa shape index (κ2) is 6.50. The molecule has 0 unspecified atom stereocenters. The van der Waals surface area contributed by atoms with Crippen molar-refractivity contribution < 1.29 is 0 Å². The minimum atomic E-state index is 0.607. The molecule has 0 fully saturated rings. The Bertz CT molecular complexity index is 487. The summed E-state index contributed by atoms with van der Waals surface area (Å²) in [6, 6.07) is 13.1. The first-order chi connectivity index (χ1) is 8.65. The van der Waals surface area contributed by atoms with Crippen molar-refractivity contribution in [1.82, 2.24) is 5.32 Å². The van der Waals surface area contributed by atoms with Crippen LogP contribution in [0, 0.1) is 0 Å². The summed E-state index contributed by atoms with van der Waals surface area (Å²) in [5.74, 6) is 0.607. The van der Waals surface area contributed by atoms with Gasteiger partial charge in [0.15, 0.2) is 0 Å². The molecule has 0 radical (unpaired) electrons. The van der Waals surface area contributed by atoms with Gasteiger partial charge >= 0.3 is 0 Å². The van der Waals surface area contributed by atoms with Crippen LogP contribution < -0.4 is 5.32 Å². The lowest BCUT2D eigenvalue weighted by Gasteiger charge is -2.07. The lowest BCUT2D eigenvalue weighted by atomic mass is 10.0. The molecule has 2 rings (SSSR count). The number of thiophene rings is 1. The normalized spacial score (nSPS) is 11.1. The van der Waals surface area contributed by atoms with Crippen LogP contribution in [-0.4, -0.2) is 0 Å². The molecule has 0 saturated carbocycles. The third-order valence-corrected chi connectivity index (χ3v) is 4.53. The van der Waals surface area contributed by atoms with Gasteiger partial charge in [-0.1, -0.05) is 38.1 Å². The van der Waals surface area contributed by atoms with Crippen molar-refractivity contribution in [1.29, 1.82) is 0 Å². The largest absolute Gasteiger partial charge is 0.308 e. The Morgan fingerprint density at radius 1 is 1.06 bits per heavy atom. The maximum atomic E-state index is 3.48. The zero-order valence-electron chi connectivity index (χ0n) is 10.7. The molecule has 0 saturated heterocycles. The van der Waals surface area contributed by atoms with Crippen molar-refractivity contribution in [2.75, 3.05) is 0 Å². The molecule has 18 heavy (non-hydrogen) atoms. The van der Waals surface area contributed by atoms with Crippen LogP contribution in [0.2, 0.25) is 0 Å². The van der Waals surface area contributed by atoms with Crippen molar-refractivity contribution in [2.24, 2.45) is 0 Å². The zero-order chi connectivity index (χ0) is 13.0. The predicted octanol–water partition coefficient (Wildman–Crippen LogP) is 4.92. The highest BCUT2D eigenvalue weighted by Crippen LogP contribution is 2.21. The molecule has 1 aromatic carbocycles. The fourth-order valence-electron chi connectivity index (χ4n) is 1.80. The van der Waals surface area contributed by atoms with E-state index in [4.69, 9.17) is 0 Å². The second-order valence-electron chi connectivity index (χ2n) is 4.71. The van der Waals surface area contributed by atoms with E-state index in [2.05, 4.69) is 71.5 Å². The van der Waals surface area contributed by atoms with E-state index in [1.54, 1.807) is 11.3 Å². The Morgan fingerprint density at radius 2 is 1.78 bits per heavy atom. The summed E-state index contributed by atoms with van der Waals surface area (Å²) in [7, 11) is 0. The molecular weight excluding hydrogens is 306 g/mol. The molecule has 0 amide bonds. The van der Waals surface area contributed by atoms with Crippen molar-refractivity contribution in [3.05, 3.63) is 56.2 Å². The molecule has 0 bridgehead atoms. The Morgan fingerprint density at radius 3 is 2.33 bits per heavy atom. The number of nitrogens with one attached hydrogen (secondary N) is 1. The second-order valence-corrected chi connectivity index (χ2v) is 7.25. The van der Waals surface area contributed by atoms with E-state index in [-0.39, 0.29) is 0 Å². The van der Waals surface area contributed by atoms with Gasteiger partial charge in [0.05, 0.1) is 3.79 Å². The van der Waals surface area contributed by atoms with Crippen molar-refractivity contribution in [3.8, 4) is 0 Å². The van der Waals surface area contributed by atoms with Gasteiger partial charge in [-0.05, 0) is 45.1 Å². The molecule has 0 atom stereocenters. The molecule has 96 valence electrons. The zero-order valence-corrected chi connectivity index (χ0v) is 13.1. The van der Waals surface area contributed by atoms with Gasteiger partial charge in [0.2, 0.25) is 0 Å². The molecule has 1 nitrogen and oxygen atoms in total. The lowest BCUT2D eigenvalue weighted by molar-refractivity contribution is 0.700. The van der Waals surface area contributed by atoms with E-state index in [1.165, 1.54) is 19.8 Å². The summed E-state index contributed by atoms with van der Waals surface area (Å²) in [5.41, 5.74) is 2.75. The quantitative estimate of drug-likeness (QED) is 0.823. The molecule has 2 aromatic rings. The average Bonchev–Trinajstić information content (AvgIpc) is 2.76. The fourth-order valence-corrected chi connectivity index (χ4v) is 3.25. The van der Waals surface area contributed by atoms with Crippen LogP contribution in [0.4, 0.5) is 0 Å². The van der Waals surface area contributed by atoms with Gasteiger partial charge in [-0.25, -0.2) is 0 Å². The molecule has 1 heterocycles. The molecule has 0 aliphatic rings. The van der Waals surface area contributed by atoms with E-state index in [9.17, 15) is 0 Å². The Balaban J connectivity index is 1.83. The highest BCUT2D eigenvalue weighted by Gasteiger charge is 2.00. The maximum Gasteiger partial charge on any atom is 0.0701 e. The van der Waals surface area contributed by atoms with E-state index in [0.717, 1.165) is 13.1 Å². The maximum absolute atomic E-state index is 3.48. The standard InChI is InChI=1S/C15H18BrNS/c1-11(2)13-5-3-12(4-6-13)9-17-10-14-7-8-15(16)18-14/h3-8,11,17H,9-10H2,1-2H3. The van der Waals surface area contributed by atoms with Crippen LogP contribution in [0.3, 0.4) is 0 Å². The van der Waals surface area contributed by atoms with Crippen LogP contribution in [0.1, 0.15) is 35.8 Å². The van der Waals surface area contributed by atoms with Crippen LogP contribution in [-0.2, 0) is 13.1 Å². The average molecular weight is 324 g/mol. The van der Waals surface area contributed by atoms with E-state index in [0.29, 0.717) is 5.92 Å². The van der Waals surface area contributed by atoms with Crippen molar-refractivity contribution in [3.63, 3.8) is 0 Å². The molecular formula is C15H18BrNS. The number of rotatable bonds is 5. The van der Waals surface area contributed by atoms with Gasteiger partial charge in [0, 0.05) is 18.0 Å². The summed E-state index contributed by atoms with van der Waals surface area (Å²) in [6.45, 7) is 6.31. The summed E-state index contributed by atoms with van der Waals surface area (Å²) >= 11 is 5.26. The number of benzene rings is 1. The van der Waals surface area contributed by atoms with Gasteiger partial charge in [-0.2, -0.15) is 0 Å². The van der Waals surface area contributed by atoms with Gasteiger partial charge < -0.3 is 5.32 Å². The van der Waals surface area contributed by atoms with Crippen LogP contribution in [0.15, 0.2) is 40.2 Å². The van der Waals surface area contributed by atoms with Gasteiger partial charge in [0.25, 0.3) is 0 Å². The SMILES string of the molecule is CC(C)c1ccc(CNCc2ccc(Br)s2)cc1.